The molecule has 1 aliphatic heterocycles. The van der Waals surface area contributed by atoms with Gasteiger partial charge in [0, 0.05) is 10.0 Å². The third-order valence-corrected chi connectivity index (χ3v) is 3.95. The summed E-state index contributed by atoms with van der Waals surface area (Å²) in [6, 6.07) is 11.5. The van der Waals surface area contributed by atoms with Crippen molar-refractivity contribution in [3.63, 3.8) is 0 Å². The third-order valence-electron chi connectivity index (χ3n) is 3.42. The predicted molar refractivity (Wildman–Crippen MR) is 94.4 cm³/mol. The maximum absolute atomic E-state index is 12.4. The Bertz CT molecular complexity index is 895. The fourth-order valence-corrected chi connectivity index (χ4v) is 2.51. The number of hydrogen-bond acceptors (Lipinski definition) is 5. The average Bonchev–Trinajstić information content (AvgIpc) is 2.97. The molecule has 0 saturated heterocycles. The Balaban J connectivity index is 1.90. The monoisotopic (exact) mass is 423 g/mol. The number of rotatable bonds is 5. The van der Waals surface area contributed by atoms with Gasteiger partial charge in [-0.2, -0.15) is 8.78 Å². The van der Waals surface area contributed by atoms with E-state index in [-0.39, 0.29) is 23.1 Å². The molecule has 0 saturated carbocycles. The Labute approximate surface area is 156 Å². The molecule has 1 aliphatic rings. The minimum absolute atomic E-state index is 0.0558. The van der Waals surface area contributed by atoms with Gasteiger partial charge in [0.25, 0.3) is 0 Å². The minimum Gasteiger partial charge on any atom is -0.493 e. The van der Waals surface area contributed by atoms with Crippen molar-refractivity contribution in [2.45, 2.75) is 6.61 Å². The molecule has 3 rings (SSSR count). The molecule has 134 valence electrons. The summed E-state index contributed by atoms with van der Waals surface area (Å²) in [4.78, 5) is 16.2. The molecule has 0 atom stereocenters. The van der Waals surface area contributed by atoms with Crippen LogP contribution in [-0.4, -0.2) is 25.6 Å². The molecule has 26 heavy (non-hydrogen) atoms. The van der Waals surface area contributed by atoms with Crippen LogP contribution < -0.4 is 9.47 Å². The van der Waals surface area contributed by atoms with E-state index < -0.39 is 12.6 Å². The second-order valence-corrected chi connectivity index (χ2v) is 6.05. The van der Waals surface area contributed by atoms with Crippen LogP contribution in [-0.2, 0) is 9.53 Å². The molecule has 0 radical (unpaired) electrons. The maximum Gasteiger partial charge on any atom is 0.387 e. The van der Waals surface area contributed by atoms with E-state index in [9.17, 15) is 13.6 Å². The zero-order valence-electron chi connectivity index (χ0n) is 13.4. The summed E-state index contributed by atoms with van der Waals surface area (Å²) in [5, 5.41) is 0. The molecular formula is C18H12BrF2NO4. The van der Waals surface area contributed by atoms with Gasteiger partial charge in [-0.05, 0) is 42.0 Å². The highest BCUT2D eigenvalue weighted by Gasteiger charge is 2.25. The molecule has 0 aliphatic carbocycles. The molecule has 0 N–H and O–H groups in total. The molecule has 0 amide bonds. The van der Waals surface area contributed by atoms with Crippen LogP contribution in [0.15, 0.2) is 57.6 Å². The highest BCUT2D eigenvalue weighted by molar-refractivity contribution is 9.10. The second-order valence-electron chi connectivity index (χ2n) is 5.13. The normalized spacial score (nSPS) is 15.2. The van der Waals surface area contributed by atoms with Crippen molar-refractivity contribution < 1.29 is 27.8 Å². The van der Waals surface area contributed by atoms with Gasteiger partial charge in [-0.15, -0.1) is 0 Å². The molecule has 2 aromatic carbocycles. The van der Waals surface area contributed by atoms with Crippen molar-refractivity contribution >= 4 is 33.9 Å². The molecule has 1 heterocycles. The number of hydrogen-bond donors (Lipinski definition) is 0. The van der Waals surface area contributed by atoms with Gasteiger partial charge in [0.1, 0.15) is 0 Å². The van der Waals surface area contributed by atoms with E-state index in [1.165, 1.54) is 25.3 Å². The molecule has 8 heteroatoms. The van der Waals surface area contributed by atoms with Crippen molar-refractivity contribution in [3.05, 3.63) is 63.8 Å². The number of methoxy groups -OCH3 is 1. The van der Waals surface area contributed by atoms with Crippen LogP contribution in [0.4, 0.5) is 8.78 Å². The molecule has 0 bridgehead atoms. The molecule has 0 spiro atoms. The summed E-state index contributed by atoms with van der Waals surface area (Å²) < 4.78 is 40.3. The standard InChI is InChI=1S/C18H12BrF2NO4/c1-24-15-9-11(4-7-14(15)25-18(20)21)16-22-13(17(23)26-16)8-10-2-5-12(19)6-3-10/h2-9,18H,1H3/b13-8-. The van der Waals surface area contributed by atoms with Crippen LogP contribution in [0.5, 0.6) is 11.5 Å². The van der Waals surface area contributed by atoms with Gasteiger partial charge >= 0.3 is 12.6 Å². The lowest BCUT2D eigenvalue weighted by molar-refractivity contribution is -0.129. The minimum atomic E-state index is -2.98. The van der Waals surface area contributed by atoms with Crippen molar-refractivity contribution in [1.29, 1.82) is 0 Å². The third kappa shape index (κ3) is 4.08. The molecule has 0 unspecified atom stereocenters. The van der Waals surface area contributed by atoms with Crippen LogP contribution in [0.25, 0.3) is 6.08 Å². The molecule has 0 fully saturated rings. The van der Waals surface area contributed by atoms with Crippen LogP contribution in [0.2, 0.25) is 0 Å². The fourth-order valence-electron chi connectivity index (χ4n) is 2.24. The fraction of sp³-hybridized carbons (Fsp3) is 0.111. The Morgan fingerprint density at radius 3 is 2.54 bits per heavy atom. The van der Waals surface area contributed by atoms with E-state index >= 15 is 0 Å². The zero-order valence-corrected chi connectivity index (χ0v) is 15.0. The van der Waals surface area contributed by atoms with Gasteiger partial charge in [0.05, 0.1) is 7.11 Å². The summed E-state index contributed by atoms with van der Waals surface area (Å²) >= 11 is 3.34. The molecule has 2 aromatic rings. The summed E-state index contributed by atoms with van der Waals surface area (Å²) in [5.74, 6) is -0.594. The summed E-state index contributed by atoms with van der Waals surface area (Å²) in [7, 11) is 1.32. The number of carbonyl (C=O) groups excluding carboxylic acids is 1. The van der Waals surface area contributed by atoms with Crippen LogP contribution in [0.1, 0.15) is 11.1 Å². The van der Waals surface area contributed by atoms with E-state index in [0.29, 0.717) is 5.56 Å². The number of halogens is 3. The lowest BCUT2D eigenvalue weighted by Gasteiger charge is -2.10. The first-order valence-corrected chi connectivity index (χ1v) is 8.17. The van der Waals surface area contributed by atoms with E-state index in [1.807, 2.05) is 24.3 Å². The van der Waals surface area contributed by atoms with Crippen molar-refractivity contribution in [2.24, 2.45) is 4.99 Å². The van der Waals surface area contributed by atoms with Crippen LogP contribution in [0.3, 0.4) is 0 Å². The molecule has 5 nitrogen and oxygen atoms in total. The number of esters is 1. The van der Waals surface area contributed by atoms with Crippen molar-refractivity contribution in [2.75, 3.05) is 7.11 Å². The largest absolute Gasteiger partial charge is 0.493 e. The Morgan fingerprint density at radius 1 is 1.15 bits per heavy atom. The highest BCUT2D eigenvalue weighted by atomic mass is 79.9. The SMILES string of the molecule is COc1cc(C2=N/C(=C\c3ccc(Br)cc3)C(=O)O2)ccc1OC(F)F. The van der Waals surface area contributed by atoms with Crippen molar-refractivity contribution in [3.8, 4) is 11.5 Å². The predicted octanol–water partition coefficient (Wildman–Crippen LogP) is 4.40. The van der Waals surface area contributed by atoms with Gasteiger partial charge in [-0.25, -0.2) is 9.79 Å². The van der Waals surface area contributed by atoms with Gasteiger partial charge < -0.3 is 14.2 Å². The van der Waals surface area contributed by atoms with Crippen LogP contribution in [0, 0.1) is 0 Å². The zero-order chi connectivity index (χ0) is 18.7. The maximum atomic E-state index is 12.4. The van der Waals surface area contributed by atoms with Gasteiger partial charge in [-0.3, -0.25) is 0 Å². The lowest BCUT2D eigenvalue weighted by atomic mass is 10.2. The van der Waals surface area contributed by atoms with Crippen molar-refractivity contribution in [1.82, 2.24) is 0 Å². The first-order valence-electron chi connectivity index (χ1n) is 7.37. The number of cyclic esters (lactones) is 1. The number of alkyl halides is 2. The Hall–Kier alpha value is -2.74. The Morgan fingerprint density at radius 2 is 1.88 bits per heavy atom. The lowest BCUT2D eigenvalue weighted by Crippen LogP contribution is -2.07. The van der Waals surface area contributed by atoms with E-state index in [4.69, 9.17) is 9.47 Å². The number of aliphatic imine (C=N–C) groups is 1. The number of ether oxygens (including phenoxy) is 3. The first kappa shape index (κ1) is 18.1. The first-order chi connectivity index (χ1) is 12.5. The topological polar surface area (TPSA) is 57.1 Å². The smallest absolute Gasteiger partial charge is 0.387 e. The average molecular weight is 424 g/mol. The summed E-state index contributed by atoms with van der Waals surface area (Å²) in [5.41, 5.74) is 1.31. The van der Waals surface area contributed by atoms with E-state index in [2.05, 4.69) is 25.7 Å². The number of benzene rings is 2. The van der Waals surface area contributed by atoms with Gasteiger partial charge in [-0.1, -0.05) is 28.1 Å². The van der Waals surface area contributed by atoms with Gasteiger partial charge in [0.2, 0.25) is 5.90 Å². The Kier molecular flexibility index (Phi) is 5.32. The molecule has 0 aromatic heterocycles. The molecular weight excluding hydrogens is 412 g/mol. The van der Waals surface area contributed by atoms with E-state index in [1.54, 1.807) is 6.08 Å². The highest BCUT2D eigenvalue weighted by Crippen LogP contribution is 2.31. The number of nitrogens with zero attached hydrogens (tertiary/aromatic N) is 1. The quantitative estimate of drug-likeness (QED) is 0.528. The number of carbonyl (C=O) groups is 1. The summed E-state index contributed by atoms with van der Waals surface area (Å²) in [6.07, 6.45) is 1.59. The van der Waals surface area contributed by atoms with E-state index in [0.717, 1.165) is 10.0 Å². The second kappa shape index (κ2) is 7.65. The summed E-state index contributed by atoms with van der Waals surface area (Å²) in [6.45, 7) is -2.98. The van der Waals surface area contributed by atoms with Crippen LogP contribution >= 0.6 is 15.9 Å². The van der Waals surface area contributed by atoms with Gasteiger partial charge in [0.15, 0.2) is 17.2 Å².